The summed E-state index contributed by atoms with van der Waals surface area (Å²) in [5.74, 6) is -0.283. The van der Waals surface area contributed by atoms with Crippen molar-refractivity contribution in [1.29, 1.82) is 0 Å². The van der Waals surface area contributed by atoms with Crippen molar-refractivity contribution in [3.05, 3.63) is 102 Å². The van der Waals surface area contributed by atoms with Crippen molar-refractivity contribution in [2.45, 2.75) is 44.5 Å². The molecule has 1 aromatic heterocycles. The number of aliphatic hydroxyl groups is 1. The van der Waals surface area contributed by atoms with Crippen LogP contribution in [0.3, 0.4) is 0 Å². The van der Waals surface area contributed by atoms with E-state index in [9.17, 15) is 14.3 Å². The Kier molecular flexibility index (Phi) is 6.44. The summed E-state index contributed by atoms with van der Waals surface area (Å²) in [4.78, 5) is 22.7. The van der Waals surface area contributed by atoms with Crippen molar-refractivity contribution in [3.8, 4) is 0 Å². The van der Waals surface area contributed by atoms with Crippen molar-refractivity contribution in [2.75, 3.05) is 13.1 Å². The van der Waals surface area contributed by atoms with E-state index in [2.05, 4.69) is 9.88 Å². The zero-order chi connectivity index (χ0) is 23.5. The molecule has 34 heavy (non-hydrogen) atoms. The van der Waals surface area contributed by atoms with E-state index in [1.165, 1.54) is 12.1 Å². The quantitative estimate of drug-likeness (QED) is 0.617. The molecule has 5 rings (SSSR count). The number of piperidine rings is 2. The average molecular weight is 460 g/mol. The monoisotopic (exact) mass is 459 g/mol. The van der Waals surface area contributed by atoms with Crippen LogP contribution in [-0.2, 0) is 17.9 Å². The van der Waals surface area contributed by atoms with E-state index in [-0.39, 0.29) is 18.3 Å². The van der Waals surface area contributed by atoms with Crippen LogP contribution in [-0.4, -0.2) is 45.0 Å². The molecule has 5 nitrogen and oxygen atoms in total. The minimum absolute atomic E-state index is 0.0432. The zero-order valence-corrected chi connectivity index (χ0v) is 19.2. The zero-order valence-electron chi connectivity index (χ0n) is 19.2. The van der Waals surface area contributed by atoms with Crippen LogP contribution >= 0.6 is 0 Å². The van der Waals surface area contributed by atoms with Crippen LogP contribution in [0.15, 0.2) is 79.0 Å². The van der Waals surface area contributed by atoms with Gasteiger partial charge in [0.25, 0.3) is 0 Å². The molecule has 0 saturated carbocycles. The number of aliphatic hydroxyl groups excluding tert-OH is 1. The molecule has 2 aliphatic heterocycles. The highest BCUT2D eigenvalue weighted by molar-refractivity contribution is 5.85. The van der Waals surface area contributed by atoms with Crippen molar-refractivity contribution in [1.82, 2.24) is 14.8 Å². The third-order valence-electron chi connectivity index (χ3n) is 7.17. The summed E-state index contributed by atoms with van der Waals surface area (Å²) in [6, 6.07) is 21.5. The standard InChI is InChI=1S/C28H30FN3O2/c29-23-11-6-8-21(16-23)18-32-26(22-9-2-1-3-10-22)25(33)17-28(27(32)34)13-7-15-31(20-28)19-24-12-4-5-14-30-24/h1-6,8-12,14,16,25-26,33H,7,13,15,17-20H2/t25-,26+,28+/m1/s1. The van der Waals surface area contributed by atoms with Crippen molar-refractivity contribution in [3.63, 3.8) is 0 Å². The van der Waals surface area contributed by atoms with Crippen LogP contribution in [0.2, 0.25) is 0 Å². The lowest BCUT2D eigenvalue weighted by molar-refractivity contribution is -0.166. The van der Waals surface area contributed by atoms with E-state index < -0.39 is 17.6 Å². The Morgan fingerprint density at radius 3 is 2.62 bits per heavy atom. The second kappa shape index (κ2) is 9.65. The molecule has 0 unspecified atom stereocenters. The first kappa shape index (κ1) is 22.7. The molecule has 2 saturated heterocycles. The van der Waals surface area contributed by atoms with Gasteiger partial charge in [-0.15, -0.1) is 0 Å². The summed E-state index contributed by atoms with van der Waals surface area (Å²) < 4.78 is 14.0. The molecule has 0 bridgehead atoms. The molecule has 6 heteroatoms. The Bertz CT molecular complexity index is 1120. The summed E-state index contributed by atoms with van der Waals surface area (Å²) >= 11 is 0. The second-order valence-corrected chi connectivity index (χ2v) is 9.61. The minimum Gasteiger partial charge on any atom is -0.391 e. The normalized spacial score (nSPS) is 25.6. The summed E-state index contributed by atoms with van der Waals surface area (Å²) in [6.45, 7) is 2.42. The third-order valence-corrected chi connectivity index (χ3v) is 7.17. The van der Waals surface area contributed by atoms with Gasteiger partial charge in [-0.05, 0) is 61.2 Å². The lowest BCUT2D eigenvalue weighted by atomic mass is 9.69. The SMILES string of the molecule is O=C1N(Cc2cccc(F)c2)[C@@H](c2ccccc2)[C@H](O)C[C@]12CCCN(Cc1ccccn1)C2. The fraction of sp³-hybridized carbons (Fsp3) is 0.357. The first-order valence-corrected chi connectivity index (χ1v) is 11.9. The molecule has 1 amide bonds. The van der Waals surface area contributed by atoms with Gasteiger partial charge in [-0.1, -0.05) is 48.5 Å². The van der Waals surface area contributed by atoms with E-state index in [1.807, 2.05) is 54.6 Å². The number of carbonyl (C=O) groups excluding carboxylic acids is 1. The Labute approximate surface area is 199 Å². The maximum absolute atomic E-state index is 14.2. The molecule has 3 atom stereocenters. The van der Waals surface area contributed by atoms with Gasteiger partial charge in [-0.25, -0.2) is 4.39 Å². The summed E-state index contributed by atoms with van der Waals surface area (Å²) in [5.41, 5.74) is 1.93. The predicted molar refractivity (Wildman–Crippen MR) is 128 cm³/mol. The molecule has 2 aliphatic rings. The molecule has 1 N–H and O–H groups in total. The molecule has 2 aromatic carbocycles. The Morgan fingerprint density at radius 2 is 1.85 bits per heavy atom. The third kappa shape index (κ3) is 4.61. The number of hydrogen-bond acceptors (Lipinski definition) is 4. The van der Waals surface area contributed by atoms with Gasteiger partial charge in [0, 0.05) is 25.8 Å². The second-order valence-electron chi connectivity index (χ2n) is 9.61. The number of likely N-dealkylation sites (tertiary alicyclic amines) is 2. The van der Waals surface area contributed by atoms with Crippen LogP contribution < -0.4 is 0 Å². The summed E-state index contributed by atoms with van der Waals surface area (Å²) in [7, 11) is 0. The van der Waals surface area contributed by atoms with E-state index in [0.29, 0.717) is 19.5 Å². The Morgan fingerprint density at radius 1 is 1.03 bits per heavy atom. The highest BCUT2D eigenvalue weighted by atomic mass is 19.1. The number of nitrogens with zero attached hydrogens (tertiary/aromatic N) is 3. The number of amides is 1. The van der Waals surface area contributed by atoms with Crippen molar-refractivity contribution < 1.29 is 14.3 Å². The lowest BCUT2D eigenvalue weighted by Crippen LogP contribution is -2.60. The first-order valence-electron chi connectivity index (χ1n) is 11.9. The van der Waals surface area contributed by atoms with Gasteiger partial charge in [0.1, 0.15) is 5.82 Å². The highest BCUT2D eigenvalue weighted by Gasteiger charge is 2.52. The van der Waals surface area contributed by atoms with E-state index >= 15 is 0 Å². The molecule has 3 aromatic rings. The average Bonchev–Trinajstić information content (AvgIpc) is 2.84. The van der Waals surface area contributed by atoms with Gasteiger partial charge in [0.15, 0.2) is 0 Å². The first-order chi connectivity index (χ1) is 16.5. The molecule has 0 radical (unpaired) electrons. The van der Waals surface area contributed by atoms with Crippen molar-refractivity contribution >= 4 is 5.91 Å². The molecule has 1 spiro atoms. The van der Waals surface area contributed by atoms with Crippen LogP contribution in [0.4, 0.5) is 4.39 Å². The van der Waals surface area contributed by atoms with Gasteiger partial charge in [0.2, 0.25) is 5.91 Å². The summed E-state index contributed by atoms with van der Waals surface area (Å²) in [6.07, 6.45) is 3.13. The number of hydrogen-bond donors (Lipinski definition) is 1. The van der Waals surface area contributed by atoms with Crippen LogP contribution in [0, 0.1) is 11.2 Å². The molecule has 3 heterocycles. The van der Waals surface area contributed by atoms with Gasteiger partial charge in [0.05, 0.1) is 23.3 Å². The van der Waals surface area contributed by atoms with E-state index in [0.717, 1.165) is 36.2 Å². The van der Waals surface area contributed by atoms with Crippen LogP contribution in [0.1, 0.15) is 42.1 Å². The topological polar surface area (TPSA) is 56.7 Å². The predicted octanol–water partition coefficient (Wildman–Crippen LogP) is 4.34. The molecule has 0 aliphatic carbocycles. The number of carbonyl (C=O) groups is 1. The largest absolute Gasteiger partial charge is 0.391 e. The molecule has 176 valence electrons. The maximum atomic E-state index is 14.2. The molecule has 2 fully saturated rings. The fourth-order valence-corrected chi connectivity index (χ4v) is 5.72. The lowest BCUT2D eigenvalue weighted by Gasteiger charge is -2.52. The maximum Gasteiger partial charge on any atom is 0.231 e. The van der Waals surface area contributed by atoms with Gasteiger partial charge < -0.3 is 10.0 Å². The highest BCUT2D eigenvalue weighted by Crippen LogP contribution is 2.46. The fourth-order valence-electron chi connectivity index (χ4n) is 5.72. The van der Waals surface area contributed by atoms with Gasteiger partial charge >= 0.3 is 0 Å². The number of rotatable bonds is 5. The number of halogens is 1. The Balaban J connectivity index is 1.46. The minimum atomic E-state index is -0.705. The van der Waals surface area contributed by atoms with Crippen LogP contribution in [0.25, 0.3) is 0 Å². The molecular formula is C28H30FN3O2. The smallest absolute Gasteiger partial charge is 0.231 e. The summed E-state index contributed by atoms with van der Waals surface area (Å²) in [5, 5.41) is 11.4. The van der Waals surface area contributed by atoms with Crippen LogP contribution in [0.5, 0.6) is 0 Å². The number of benzene rings is 2. The van der Waals surface area contributed by atoms with Crippen molar-refractivity contribution in [2.24, 2.45) is 5.41 Å². The Hall–Kier alpha value is -3.09. The van der Waals surface area contributed by atoms with E-state index in [1.54, 1.807) is 17.2 Å². The number of aromatic nitrogens is 1. The van der Waals surface area contributed by atoms with E-state index in [4.69, 9.17) is 0 Å². The molecular weight excluding hydrogens is 429 g/mol. The van der Waals surface area contributed by atoms with Gasteiger partial charge in [-0.2, -0.15) is 0 Å². The number of pyridine rings is 1. The van der Waals surface area contributed by atoms with Gasteiger partial charge in [-0.3, -0.25) is 14.7 Å².